The van der Waals surface area contributed by atoms with Crippen molar-refractivity contribution in [3.63, 3.8) is 0 Å². The summed E-state index contributed by atoms with van der Waals surface area (Å²) >= 11 is 0. The summed E-state index contributed by atoms with van der Waals surface area (Å²) < 4.78 is 23.2. The van der Waals surface area contributed by atoms with Gasteiger partial charge < -0.3 is 10.2 Å². The molecule has 0 spiro atoms. The van der Waals surface area contributed by atoms with E-state index in [2.05, 4.69) is 24.1 Å². The summed E-state index contributed by atoms with van der Waals surface area (Å²) in [6.07, 6.45) is 1.22. The topological polar surface area (TPSA) is 49.4 Å². The molecule has 0 aromatic heterocycles. The van der Waals surface area contributed by atoms with E-state index in [1.165, 1.54) is 13.0 Å². The summed E-state index contributed by atoms with van der Waals surface area (Å²) in [6, 6.07) is 0.622. The van der Waals surface area contributed by atoms with E-state index < -0.39 is 9.84 Å². The Labute approximate surface area is 112 Å². The number of likely N-dealkylation sites (tertiary alicyclic amines) is 1. The molecule has 0 aliphatic carbocycles. The maximum absolute atomic E-state index is 11.6. The Kier molecular flexibility index (Phi) is 6.08. The van der Waals surface area contributed by atoms with Crippen LogP contribution in [0.5, 0.6) is 0 Å². The van der Waals surface area contributed by atoms with E-state index in [1.54, 1.807) is 13.8 Å². The van der Waals surface area contributed by atoms with Crippen LogP contribution >= 0.6 is 0 Å². The van der Waals surface area contributed by atoms with Gasteiger partial charge in [0, 0.05) is 19.1 Å². The molecule has 0 saturated carbocycles. The van der Waals surface area contributed by atoms with Crippen LogP contribution in [0.15, 0.2) is 0 Å². The number of nitrogens with zero attached hydrogens (tertiary/aromatic N) is 1. The highest BCUT2D eigenvalue weighted by Crippen LogP contribution is 2.17. The third-order valence-corrected chi connectivity index (χ3v) is 5.97. The predicted octanol–water partition coefficient (Wildman–Crippen LogP) is 1.13. The van der Waals surface area contributed by atoms with E-state index in [1.807, 2.05) is 0 Å². The fourth-order valence-electron chi connectivity index (χ4n) is 2.25. The zero-order valence-electron chi connectivity index (χ0n) is 12.1. The van der Waals surface area contributed by atoms with E-state index in [-0.39, 0.29) is 11.0 Å². The Hall–Kier alpha value is -0.130. The Balaban J connectivity index is 2.17. The molecular formula is C13H28N2O2S. The summed E-state index contributed by atoms with van der Waals surface area (Å²) in [6.45, 7) is 11.8. The molecule has 0 radical (unpaired) electrons. The maximum Gasteiger partial charge on any atom is 0.153 e. The van der Waals surface area contributed by atoms with E-state index in [0.29, 0.717) is 18.5 Å². The molecule has 0 amide bonds. The summed E-state index contributed by atoms with van der Waals surface area (Å²) in [4.78, 5) is 2.48. The highest BCUT2D eigenvalue weighted by atomic mass is 32.2. The van der Waals surface area contributed by atoms with Crippen LogP contribution in [0.3, 0.4) is 0 Å². The Morgan fingerprint density at radius 3 is 2.44 bits per heavy atom. The molecule has 1 rings (SSSR count). The van der Waals surface area contributed by atoms with Crippen LogP contribution < -0.4 is 5.32 Å². The van der Waals surface area contributed by atoms with Crippen molar-refractivity contribution in [2.75, 3.05) is 31.9 Å². The lowest BCUT2D eigenvalue weighted by molar-refractivity contribution is 0.264. The smallest absolute Gasteiger partial charge is 0.153 e. The van der Waals surface area contributed by atoms with E-state index in [0.717, 1.165) is 13.1 Å². The molecule has 0 aromatic rings. The van der Waals surface area contributed by atoms with Crippen molar-refractivity contribution in [2.24, 2.45) is 5.92 Å². The van der Waals surface area contributed by atoms with E-state index in [9.17, 15) is 8.42 Å². The van der Waals surface area contributed by atoms with Crippen LogP contribution in [0.2, 0.25) is 0 Å². The maximum atomic E-state index is 11.6. The van der Waals surface area contributed by atoms with Crippen molar-refractivity contribution in [3.8, 4) is 0 Å². The van der Waals surface area contributed by atoms with Gasteiger partial charge in [-0.3, -0.25) is 0 Å². The van der Waals surface area contributed by atoms with Crippen molar-refractivity contribution in [2.45, 2.75) is 45.4 Å². The lowest BCUT2D eigenvalue weighted by Gasteiger charge is -2.20. The first-order valence-electron chi connectivity index (χ1n) is 6.99. The monoisotopic (exact) mass is 276 g/mol. The lowest BCUT2D eigenvalue weighted by Crippen LogP contribution is -2.33. The molecule has 1 aliphatic rings. The zero-order valence-corrected chi connectivity index (χ0v) is 13.0. The summed E-state index contributed by atoms with van der Waals surface area (Å²) in [5.41, 5.74) is 0. The minimum Gasteiger partial charge on any atom is -0.315 e. The van der Waals surface area contributed by atoms with Gasteiger partial charge in [0.1, 0.15) is 0 Å². The van der Waals surface area contributed by atoms with Crippen LogP contribution in [0, 0.1) is 5.92 Å². The number of rotatable bonds is 7. The summed E-state index contributed by atoms with van der Waals surface area (Å²) in [5.74, 6) is 0.930. The highest BCUT2D eigenvalue weighted by molar-refractivity contribution is 7.92. The van der Waals surface area contributed by atoms with Crippen LogP contribution in [0.25, 0.3) is 0 Å². The van der Waals surface area contributed by atoms with Gasteiger partial charge in [0.05, 0.1) is 11.0 Å². The molecule has 0 aromatic carbocycles. The Morgan fingerprint density at radius 1 is 1.28 bits per heavy atom. The van der Waals surface area contributed by atoms with Crippen LogP contribution in [0.1, 0.15) is 34.1 Å². The van der Waals surface area contributed by atoms with E-state index >= 15 is 0 Å². The third-order valence-electron chi connectivity index (χ3n) is 3.76. The van der Waals surface area contributed by atoms with Gasteiger partial charge in [0.15, 0.2) is 9.84 Å². The molecule has 1 unspecified atom stereocenters. The van der Waals surface area contributed by atoms with Crippen LogP contribution in [0.4, 0.5) is 0 Å². The largest absolute Gasteiger partial charge is 0.315 e. The van der Waals surface area contributed by atoms with Gasteiger partial charge in [-0.2, -0.15) is 0 Å². The molecule has 4 nitrogen and oxygen atoms in total. The number of hydrogen-bond donors (Lipinski definition) is 1. The first kappa shape index (κ1) is 15.9. The predicted molar refractivity (Wildman–Crippen MR) is 76.6 cm³/mol. The zero-order chi connectivity index (χ0) is 13.8. The molecule has 108 valence electrons. The molecule has 18 heavy (non-hydrogen) atoms. The first-order valence-corrected chi connectivity index (χ1v) is 8.71. The number of nitrogens with one attached hydrogen (secondary N) is 1. The fourth-order valence-corrected chi connectivity index (χ4v) is 3.15. The molecule has 1 heterocycles. The minimum absolute atomic E-state index is 0.255. The van der Waals surface area contributed by atoms with Gasteiger partial charge in [-0.05, 0) is 53.1 Å². The molecule has 0 bridgehead atoms. The number of sulfone groups is 1. The summed E-state index contributed by atoms with van der Waals surface area (Å²) in [7, 11) is -2.89. The van der Waals surface area contributed by atoms with E-state index in [4.69, 9.17) is 0 Å². The normalized spacial score (nSPS) is 22.2. The Bertz CT molecular complexity index is 339. The van der Waals surface area contributed by atoms with Crippen LogP contribution in [-0.2, 0) is 9.84 Å². The standard InChI is InChI=1S/C13H28N2O2S/c1-11(2)15-7-5-13(10-15)9-14-6-8-18(16,17)12(3)4/h11-14H,5-10H2,1-4H3. The lowest BCUT2D eigenvalue weighted by atomic mass is 10.1. The third kappa shape index (κ3) is 4.86. The molecular weight excluding hydrogens is 248 g/mol. The summed E-state index contributed by atoms with van der Waals surface area (Å²) in [5, 5.41) is 3.03. The van der Waals surface area contributed by atoms with Gasteiger partial charge in [0.2, 0.25) is 0 Å². The molecule has 1 N–H and O–H groups in total. The van der Waals surface area contributed by atoms with Crippen molar-refractivity contribution in [1.82, 2.24) is 10.2 Å². The highest BCUT2D eigenvalue weighted by Gasteiger charge is 2.23. The quantitative estimate of drug-likeness (QED) is 0.708. The molecule has 1 atom stereocenters. The second kappa shape index (κ2) is 6.87. The minimum atomic E-state index is -2.89. The van der Waals surface area contributed by atoms with Gasteiger partial charge in [-0.25, -0.2) is 8.42 Å². The molecule has 1 fully saturated rings. The van der Waals surface area contributed by atoms with Crippen LogP contribution in [-0.4, -0.2) is 56.5 Å². The van der Waals surface area contributed by atoms with Gasteiger partial charge in [0.25, 0.3) is 0 Å². The number of hydrogen-bond acceptors (Lipinski definition) is 4. The van der Waals surface area contributed by atoms with Gasteiger partial charge >= 0.3 is 0 Å². The van der Waals surface area contributed by atoms with Gasteiger partial charge in [-0.15, -0.1) is 0 Å². The fraction of sp³-hybridized carbons (Fsp3) is 1.00. The molecule has 5 heteroatoms. The van der Waals surface area contributed by atoms with Crippen molar-refractivity contribution >= 4 is 9.84 Å². The Morgan fingerprint density at radius 2 is 1.94 bits per heavy atom. The SMILES string of the molecule is CC(C)N1CCC(CNCCS(=O)(=O)C(C)C)C1. The van der Waals surface area contributed by atoms with Gasteiger partial charge in [-0.1, -0.05) is 0 Å². The van der Waals surface area contributed by atoms with Crippen molar-refractivity contribution in [1.29, 1.82) is 0 Å². The molecule has 1 aliphatic heterocycles. The second-order valence-corrected chi connectivity index (χ2v) is 8.54. The second-order valence-electron chi connectivity index (χ2n) is 5.86. The average Bonchev–Trinajstić information content (AvgIpc) is 2.73. The molecule has 1 saturated heterocycles. The van der Waals surface area contributed by atoms with Crippen molar-refractivity contribution < 1.29 is 8.42 Å². The average molecular weight is 276 g/mol. The first-order chi connectivity index (χ1) is 8.33. The van der Waals surface area contributed by atoms with Crippen molar-refractivity contribution in [3.05, 3.63) is 0 Å².